The molecule has 4 aliphatic carbocycles. The number of rotatable bonds is 2. The highest BCUT2D eigenvalue weighted by Crippen LogP contribution is 2.61. The first-order valence-corrected chi connectivity index (χ1v) is 9.74. The summed E-state index contributed by atoms with van der Waals surface area (Å²) in [6.45, 7) is 2.86. The van der Waals surface area contributed by atoms with Gasteiger partial charge in [0.1, 0.15) is 11.9 Å². The first kappa shape index (κ1) is 14.8. The summed E-state index contributed by atoms with van der Waals surface area (Å²) in [7, 11) is 0. The Morgan fingerprint density at radius 2 is 1.75 bits per heavy atom. The molecule has 24 heavy (non-hydrogen) atoms. The van der Waals surface area contributed by atoms with E-state index in [4.69, 9.17) is 4.74 Å². The average Bonchev–Trinajstić information content (AvgIpc) is 2.59. The second kappa shape index (κ2) is 5.24. The van der Waals surface area contributed by atoms with E-state index in [1.165, 1.54) is 19.3 Å². The molecule has 3 nitrogen and oxygen atoms in total. The molecule has 4 fully saturated rings. The molecule has 0 spiro atoms. The fraction of sp³-hybridized carbons (Fsp3) is 0.667. The second-order valence-corrected chi connectivity index (χ2v) is 8.73. The van der Waals surface area contributed by atoms with E-state index in [1.54, 1.807) is 0 Å². The van der Waals surface area contributed by atoms with Gasteiger partial charge in [0, 0.05) is 0 Å². The molecule has 128 valence electrons. The molecular weight excluding hydrogens is 298 g/mol. The van der Waals surface area contributed by atoms with Crippen molar-refractivity contribution in [1.29, 1.82) is 0 Å². The van der Waals surface area contributed by atoms with Crippen molar-refractivity contribution in [3.63, 3.8) is 0 Å². The monoisotopic (exact) mass is 325 g/mol. The summed E-state index contributed by atoms with van der Waals surface area (Å²) in [5.41, 5.74) is 0.917. The van der Waals surface area contributed by atoms with Crippen LogP contribution in [0.5, 0.6) is 5.75 Å². The highest BCUT2D eigenvalue weighted by atomic mass is 16.5. The normalized spacial score (nSPS) is 39.5. The van der Waals surface area contributed by atoms with Crippen molar-refractivity contribution in [3.05, 3.63) is 24.3 Å². The Balaban J connectivity index is 1.50. The van der Waals surface area contributed by atoms with Gasteiger partial charge in [0.25, 0.3) is 0 Å². The molecule has 1 atom stereocenters. The van der Waals surface area contributed by atoms with Gasteiger partial charge in [-0.2, -0.15) is 0 Å². The predicted molar refractivity (Wildman–Crippen MR) is 94.1 cm³/mol. The van der Waals surface area contributed by atoms with Crippen LogP contribution in [0.2, 0.25) is 0 Å². The van der Waals surface area contributed by atoms with Gasteiger partial charge in [-0.1, -0.05) is 19.1 Å². The number of anilines is 1. The molecule has 0 saturated heterocycles. The van der Waals surface area contributed by atoms with Gasteiger partial charge in [-0.25, -0.2) is 0 Å². The third-order valence-electron chi connectivity index (χ3n) is 7.03. The quantitative estimate of drug-likeness (QED) is 0.806. The number of para-hydroxylation sites is 2. The summed E-state index contributed by atoms with van der Waals surface area (Å²) in [4.78, 5) is 15.8. The molecular formula is C21H27NO2. The molecule has 0 radical (unpaired) electrons. The largest absolute Gasteiger partial charge is 0.486 e. The minimum Gasteiger partial charge on any atom is -0.486 e. The first-order valence-electron chi connectivity index (χ1n) is 9.74. The fourth-order valence-corrected chi connectivity index (χ4v) is 6.36. The topological polar surface area (TPSA) is 29.5 Å². The standard InChI is InChI=1S/C21H27NO2/c1-2-17-13-22(18-5-3-4-6-19(18)24-17)20(23)21-10-14-7-15(11-21)9-16(8-14)12-21/h3-6,14-17H,2,7-13H2,1H3. The Bertz CT molecular complexity index is 632. The van der Waals surface area contributed by atoms with Crippen LogP contribution in [0.1, 0.15) is 51.9 Å². The van der Waals surface area contributed by atoms with Gasteiger partial charge in [0.2, 0.25) is 5.91 Å². The van der Waals surface area contributed by atoms with Crippen LogP contribution in [0, 0.1) is 23.2 Å². The molecule has 4 saturated carbocycles. The number of carbonyl (C=O) groups is 1. The highest BCUT2D eigenvalue weighted by Gasteiger charge is 2.56. The third-order valence-corrected chi connectivity index (χ3v) is 7.03. The molecule has 1 unspecified atom stereocenters. The van der Waals surface area contributed by atoms with Gasteiger partial charge in [-0.05, 0) is 74.8 Å². The fourth-order valence-electron chi connectivity index (χ4n) is 6.36. The summed E-state index contributed by atoms with van der Waals surface area (Å²) >= 11 is 0. The Labute approximate surface area is 144 Å². The lowest BCUT2D eigenvalue weighted by molar-refractivity contribution is -0.143. The van der Waals surface area contributed by atoms with Crippen molar-refractivity contribution in [1.82, 2.24) is 0 Å². The van der Waals surface area contributed by atoms with Crippen LogP contribution < -0.4 is 9.64 Å². The molecule has 1 amide bonds. The van der Waals surface area contributed by atoms with E-state index in [9.17, 15) is 4.79 Å². The molecule has 1 aliphatic heterocycles. The summed E-state index contributed by atoms with van der Waals surface area (Å²) < 4.78 is 6.09. The SMILES string of the molecule is CCC1CN(C(=O)C23CC4CC(CC(C4)C2)C3)c2ccccc2O1. The summed E-state index contributed by atoms with van der Waals surface area (Å²) in [6.07, 6.45) is 8.60. The van der Waals surface area contributed by atoms with Crippen molar-refractivity contribution < 1.29 is 9.53 Å². The number of carbonyl (C=O) groups excluding carboxylic acids is 1. The molecule has 6 rings (SSSR count). The van der Waals surface area contributed by atoms with E-state index >= 15 is 0 Å². The maximum absolute atomic E-state index is 13.7. The van der Waals surface area contributed by atoms with Crippen molar-refractivity contribution in [3.8, 4) is 5.75 Å². The van der Waals surface area contributed by atoms with Gasteiger partial charge in [-0.15, -0.1) is 0 Å². The van der Waals surface area contributed by atoms with Crippen LogP contribution in [-0.2, 0) is 4.79 Å². The van der Waals surface area contributed by atoms with Gasteiger partial charge in [0.05, 0.1) is 17.6 Å². The van der Waals surface area contributed by atoms with Gasteiger partial charge < -0.3 is 9.64 Å². The van der Waals surface area contributed by atoms with Gasteiger partial charge in [-0.3, -0.25) is 4.79 Å². The van der Waals surface area contributed by atoms with Crippen LogP contribution in [0.25, 0.3) is 0 Å². The lowest BCUT2D eigenvalue weighted by atomic mass is 9.49. The zero-order chi connectivity index (χ0) is 16.3. The van der Waals surface area contributed by atoms with Crippen LogP contribution in [0.15, 0.2) is 24.3 Å². The van der Waals surface area contributed by atoms with Gasteiger partial charge in [0.15, 0.2) is 0 Å². The Morgan fingerprint density at radius 3 is 2.38 bits per heavy atom. The van der Waals surface area contributed by atoms with E-state index in [0.717, 1.165) is 54.9 Å². The Morgan fingerprint density at radius 1 is 1.12 bits per heavy atom. The van der Waals surface area contributed by atoms with Crippen LogP contribution >= 0.6 is 0 Å². The number of nitrogens with zero attached hydrogens (tertiary/aromatic N) is 1. The summed E-state index contributed by atoms with van der Waals surface area (Å²) in [5, 5.41) is 0. The number of amides is 1. The average molecular weight is 325 g/mol. The van der Waals surface area contributed by atoms with E-state index in [-0.39, 0.29) is 11.5 Å². The van der Waals surface area contributed by atoms with Gasteiger partial charge >= 0.3 is 0 Å². The lowest BCUT2D eigenvalue weighted by Crippen LogP contribution is -2.56. The number of hydrogen-bond acceptors (Lipinski definition) is 2. The molecule has 1 heterocycles. The zero-order valence-corrected chi connectivity index (χ0v) is 14.5. The number of ether oxygens (including phenoxy) is 1. The zero-order valence-electron chi connectivity index (χ0n) is 14.5. The molecule has 0 N–H and O–H groups in total. The van der Waals surface area contributed by atoms with Crippen molar-refractivity contribution in [2.24, 2.45) is 23.2 Å². The summed E-state index contributed by atoms with van der Waals surface area (Å²) in [6, 6.07) is 8.09. The predicted octanol–water partition coefficient (Wildman–Crippen LogP) is 4.41. The lowest BCUT2D eigenvalue weighted by Gasteiger charge is -2.57. The van der Waals surface area contributed by atoms with Crippen LogP contribution in [0.4, 0.5) is 5.69 Å². The minimum atomic E-state index is -0.0719. The van der Waals surface area contributed by atoms with E-state index in [2.05, 4.69) is 17.9 Å². The van der Waals surface area contributed by atoms with E-state index in [1.807, 2.05) is 18.2 Å². The van der Waals surface area contributed by atoms with E-state index in [0.29, 0.717) is 12.5 Å². The highest BCUT2D eigenvalue weighted by molar-refractivity contribution is 5.99. The van der Waals surface area contributed by atoms with Crippen LogP contribution in [0.3, 0.4) is 0 Å². The number of fused-ring (bicyclic) bond motifs is 1. The Kier molecular flexibility index (Phi) is 3.23. The summed E-state index contributed by atoms with van der Waals surface area (Å²) in [5.74, 6) is 3.69. The number of benzene rings is 1. The van der Waals surface area contributed by atoms with Crippen molar-refractivity contribution in [2.75, 3.05) is 11.4 Å². The number of hydrogen-bond donors (Lipinski definition) is 0. The van der Waals surface area contributed by atoms with Crippen molar-refractivity contribution >= 4 is 11.6 Å². The maximum atomic E-state index is 13.7. The smallest absolute Gasteiger partial charge is 0.233 e. The maximum Gasteiger partial charge on any atom is 0.233 e. The van der Waals surface area contributed by atoms with Crippen molar-refractivity contribution in [2.45, 2.75) is 58.0 Å². The molecule has 1 aromatic carbocycles. The third kappa shape index (κ3) is 2.13. The first-order chi connectivity index (χ1) is 11.7. The molecule has 3 heteroatoms. The Hall–Kier alpha value is -1.51. The minimum absolute atomic E-state index is 0.0719. The molecule has 1 aromatic rings. The molecule has 4 bridgehead atoms. The van der Waals surface area contributed by atoms with Crippen LogP contribution in [-0.4, -0.2) is 18.6 Å². The van der Waals surface area contributed by atoms with E-state index < -0.39 is 0 Å². The molecule has 0 aromatic heterocycles. The second-order valence-electron chi connectivity index (χ2n) is 8.73. The molecule has 5 aliphatic rings.